The predicted octanol–water partition coefficient (Wildman–Crippen LogP) is 2.73. The fourth-order valence-electron chi connectivity index (χ4n) is 3.27. The van der Waals surface area contributed by atoms with Crippen molar-refractivity contribution in [2.24, 2.45) is 5.41 Å². The van der Waals surface area contributed by atoms with Crippen molar-refractivity contribution in [2.75, 3.05) is 19.6 Å². The first-order chi connectivity index (χ1) is 9.15. The minimum absolute atomic E-state index is 0.185. The van der Waals surface area contributed by atoms with E-state index in [1.54, 1.807) is 6.92 Å². The van der Waals surface area contributed by atoms with E-state index in [1.807, 2.05) is 13.8 Å². The minimum Gasteiger partial charge on any atom is -0.480 e. The molecule has 2 N–H and O–H groups in total. The van der Waals surface area contributed by atoms with Gasteiger partial charge in [-0.25, -0.2) is 0 Å². The van der Waals surface area contributed by atoms with Crippen molar-refractivity contribution in [1.29, 1.82) is 0 Å². The number of likely N-dealkylation sites (tertiary alicyclic amines) is 1. The summed E-state index contributed by atoms with van der Waals surface area (Å²) in [5.74, 6) is -0.745. The molecule has 1 aliphatic rings. The van der Waals surface area contributed by atoms with Gasteiger partial charge in [-0.1, -0.05) is 13.8 Å². The summed E-state index contributed by atoms with van der Waals surface area (Å²) in [4.78, 5) is 14.0. The van der Waals surface area contributed by atoms with Crippen molar-refractivity contribution in [3.63, 3.8) is 0 Å². The Morgan fingerprint density at radius 1 is 1.45 bits per heavy atom. The highest BCUT2D eigenvalue weighted by Crippen LogP contribution is 2.28. The summed E-state index contributed by atoms with van der Waals surface area (Å²) in [5.41, 5.74) is -0.399. The van der Waals surface area contributed by atoms with Crippen LogP contribution in [0.3, 0.4) is 0 Å². The lowest BCUT2D eigenvalue weighted by Crippen LogP contribution is -2.52. The lowest BCUT2D eigenvalue weighted by molar-refractivity contribution is -0.144. The van der Waals surface area contributed by atoms with Gasteiger partial charge in [0, 0.05) is 12.6 Å². The van der Waals surface area contributed by atoms with Gasteiger partial charge >= 0.3 is 5.97 Å². The Bertz CT molecular complexity index is 328. The van der Waals surface area contributed by atoms with E-state index in [1.165, 1.54) is 12.8 Å². The second kappa shape index (κ2) is 6.90. The van der Waals surface area contributed by atoms with Gasteiger partial charge in [-0.05, 0) is 65.0 Å². The second-order valence-electron chi connectivity index (χ2n) is 7.58. The Morgan fingerprint density at radius 3 is 2.60 bits per heavy atom. The monoisotopic (exact) mass is 284 g/mol. The summed E-state index contributed by atoms with van der Waals surface area (Å²) in [6, 6.07) is 0.185. The summed E-state index contributed by atoms with van der Waals surface area (Å²) >= 11 is 0. The molecule has 1 aliphatic heterocycles. The van der Waals surface area contributed by atoms with Crippen LogP contribution >= 0.6 is 0 Å². The van der Waals surface area contributed by atoms with Crippen LogP contribution in [0.15, 0.2) is 0 Å². The molecule has 4 heteroatoms. The molecule has 0 aliphatic carbocycles. The summed E-state index contributed by atoms with van der Waals surface area (Å²) in [7, 11) is 0. The van der Waals surface area contributed by atoms with E-state index < -0.39 is 11.5 Å². The Kier molecular flexibility index (Phi) is 6.02. The van der Waals surface area contributed by atoms with E-state index in [0.29, 0.717) is 11.8 Å². The van der Waals surface area contributed by atoms with Crippen LogP contribution in [0.2, 0.25) is 0 Å². The number of carboxylic acid groups (broad SMARTS) is 1. The van der Waals surface area contributed by atoms with Gasteiger partial charge in [0.2, 0.25) is 0 Å². The van der Waals surface area contributed by atoms with E-state index in [2.05, 4.69) is 24.1 Å². The first kappa shape index (κ1) is 17.4. The number of nitrogens with one attached hydrogen (secondary N) is 1. The smallest absolute Gasteiger partial charge is 0.323 e. The number of hydrogen-bond donors (Lipinski definition) is 2. The molecule has 0 spiro atoms. The topological polar surface area (TPSA) is 52.6 Å². The van der Waals surface area contributed by atoms with Gasteiger partial charge in [0.25, 0.3) is 0 Å². The number of rotatable bonds is 7. The fraction of sp³-hybridized carbons (Fsp3) is 0.938. The maximum absolute atomic E-state index is 11.5. The zero-order valence-electron chi connectivity index (χ0n) is 13.8. The zero-order valence-corrected chi connectivity index (χ0v) is 13.8. The van der Waals surface area contributed by atoms with Crippen molar-refractivity contribution in [3.8, 4) is 0 Å². The standard InChI is InChI=1S/C16H32N2O2/c1-13(2)17-16(5,14(19)20)9-7-11-18-10-6-8-15(3,4)12-18/h13,17H,6-12H2,1-5H3,(H,19,20). The average molecular weight is 284 g/mol. The number of hydrogen-bond acceptors (Lipinski definition) is 3. The maximum atomic E-state index is 11.5. The summed E-state index contributed by atoms with van der Waals surface area (Å²) in [6.45, 7) is 13.7. The molecule has 0 radical (unpaired) electrons. The number of nitrogens with zero attached hydrogens (tertiary/aromatic N) is 1. The summed E-state index contributed by atoms with van der Waals surface area (Å²) in [6.07, 6.45) is 4.16. The number of aliphatic carboxylic acids is 1. The molecule has 1 heterocycles. The van der Waals surface area contributed by atoms with Crippen LogP contribution in [-0.4, -0.2) is 47.2 Å². The molecule has 1 rings (SSSR count). The lowest BCUT2D eigenvalue weighted by atomic mass is 9.84. The zero-order chi connectivity index (χ0) is 15.4. The summed E-state index contributed by atoms with van der Waals surface area (Å²) in [5, 5.41) is 12.6. The maximum Gasteiger partial charge on any atom is 0.323 e. The first-order valence-electron chi connectivity index (χ1n) is 7.88. The Balaban J connectivity index is 2.43. The molecule has 1 fully saturated rings. The molecule has 4 nitrogen and oxygen atoms in total. The molecule has 0 bridgehead atoms. The normalized spacial score (nSPS) is 22.7. The lowest BCUT2D eigenvalue weighted by Gasteiger charge is -2.38. The van der Waals surface area contributed by atoms with Crippen molar-refractivity contribution in [2.45, 2.75) is 71.9 Å². The van der Waals surface area contributed by atoms with Gasteiger partial charge in [0.1, 0.15) is 5.54 Å². The minimum atomic E-state index is -0.806. The molecule has 0 amide bonds. The Labute approximate surface area is 123 Å². The third-order valence-corrected chi connectivity index (χ3v) is 4.21. The molecule has 118 valence electrons. The predicted molar refractivity (Wildman–Crippen MR) is 83.0 cm³/mol. The number of carbonyl (C=O) groups is 1. The average Bonchev–Trinajstić information content (AvgIpc) is 2.26. The SMILES string of the molecule is CC(C)NC(C)(CCCN1CCCC(C)(C)C1)C(=O)O. The third-order valence-electron chi connectivity index (χ3n) is 4.21. The van der Waals surface area contributed by atoms with Crippen LogP contribution in [-0.2, 0) is 4.79 Å². The van der Waals surface area contributed by atoms with Gasteiger partial charge in [-0.2, -0.15) is 0 Å². The second-order valence-corrected chi connectivity index (χ2v) is 7.58. The molecule has 0 aromatic carbocycles. The highest BCUT2D eigenvalue weighted by molar-refractivity contribution is 5.78. The molecule has 0 aromatic heterocycles. The molecule has 20 heavy (non-hydrogen) atoms. The largest absolute Gasteiger partial charge is 0.480 e. The van der Waals surface area contributed by atoms with Crippen LogP contribution in [0.25, 0.3) is 0 Å². The number of carboxylic acids is 1. The Hall–Kier alpha value is -0.610. The molecule has 1 saturated heterocycles. The van der Waals surface area contributed by atoms with Gasteiger partial charge in [-0.3, -0.25) is 10.1 Å². The van der Waals surface area contributed by atoms with Crippen molar-refractivity contribution in [1.82, 2.24) is 10.2 Å². The van der Waals surface area contributed by atoms with Gasteiger partial charge in [-0.15, -0.1) is 0 Å². The van der Waals surface area contributed by atoms with E-state index in [4.69, 9.17) is 0 Å². The van der Waals surface area contributed by atoms with Crippen molar-refractivity contribution in [3.05, 3.63) is 0 Å². The molecule has 0 saturated carbocycles. The molecule has 1 atom stereocenters. The third kappa shape index (κ3) is 5.41. The molecular weight excluding hydrogens is 252 g/mol. The fourth-order valence-corrected chi connectivity index (χ4v) is 3.27. The van der Waals surface area contributed by atoms with Crippen LogP contribution in [0, 0.1) is 5.41 Å². The number of piperidine rings is 1. The molecule has 0 aromatic rings. The van der Waals surface area contributed by atoms with E-state index in [9.17, 15) is 9.90 Å². The van der Waals surface area contributed by atoms with E-state index >= 15 is 0 Å². The Morgan fingerprint density at radius 2 is 2.10 bits per heavy atom. The van der Waals surface area contributed by atoms with Crippen LogP contribution in [0.1, 0.15) is 60.3 Å². The van der Waals surface area contributed by atoms with Crippen LogP contribution < -0.4 is 5.32 Å². The highest BCUT2D eigenvalue weighted by Gasteiger charge is 2.33. The van der Waals surface area contributed by atoms with Gasteiger partial charge in [0.05, 0.1) is 0 Å². The molecular formula is C16H32N2O2. The first-order valence-corrected chi connectivity index (χ1v) is 7.88. The highest BCUT2D eigenvalue weighted by atomic mass is 16.4. The van der Waals surface area contributed by atoms with Crippen LogP contribution in [0.4, 0.5) is 0 Å². The van der Waals surface area contributed by atoms with Crippen LogP contribution in [0.5, 0.6) is 0 Å². The quantitative estimate of drug-likeness (QED) is 0.755. The van der Waals surface area contributed by atoms with E-state index in [0.717, 1.165) is 26.1 Å². The van der Waals surface area contributed by atoms with Gasteiger partial charge in [0.15, 0.2) is 0 Å². The van der Waals surface area contributed by atoms with Crippen molar-refractivity contribution < 1.29 is 9.90 Å². The molecule has 1 unspecified atom stereocenters. The van der Waals surface area contributed by atoms with E-state index in [-0.39, 0.29) is 6.04 Å². The van der Waals surface area contributed by atoms with Gasteiger partial charge < -0.3 is 10.0 Å². The van der Waals surface area contributed by atoms with Crippen molar-refractivity contribution >= 4 is 5.97 Å². The summed E-state index contributed by atoms with van der Waals surface area (Å²) < 4.78 is 0.